The van der Waals surface area contributed by atoms with Crippen LogP contribution in [0, 0.1) is 18.6 Å². The zero-order valence-corrected chi connectivity index (χ0v) is 26.6. The molecular formula is C34H31ClF2N4O4S. The highest BCUT2D eigenvalue weighted by molar-refractivity contribution is 7.89. The molecule has 46 heavy (non-hydrogen) atoms. The Morgan fingerprint density at radius 1 is 0.935 bits per heavy atom. The Bertz CT molecular complexity index is 1970. The van der Waals surface area contributed by atoms with Gasteiger partial charge in [-0.2, -0.15) is 4.31 Å². The molecule has 0 unspecified atom stereocenters. The van der Waals surface area contributed by atoms with Crippen molar-refractivity contribution in [3.8, 4) is 11.3 Å². The van der Waals surface area contributed by atoms with Gasteiger partial charge in [-0.3, -0.25) is 9.69 Å². The molecule has 1 aromatic heterocycles. The number of amides is 1. The minimum Gasteiger partial charge on any atom is -0.360 e. The van der Waals surface area contributed by atoms with Crippen LogP contribution in [0.1, 0.15) is 21.7 Å². The van der Waals surface area contributed by atoms with Crippen molar-refractivity contribution in [2.75, 3.05) is 39.3 Å². The molecule has 0 bridgehead atoms. The third kappa shape index (κ3) is 6.41. The summed E-state index contributed by atoms with van der Waals surface area (Å²) in [7, 11) is -3.72. The Morgan fingerprint density at radius 3 is 2.37 bits per heavy atom. The van der Waals surface area contributed by atoms with Gasteiger partial charge in [-0.15, -0.1) is 0 Å². The number of benzene rings is 4. The fourth-order valence-electron chi connectivity index (χ4n) is 5.75. The highest BCUT2D eigenvalue weighted by atomic mass is 35.5. The first-order valence-corrected chi connectivity index (χ1v) is 16.6. The van der Waals surface area contributed by atoms with Crippen LogP contribution < -0.4 is 0 Å². The lowest BCUT2D eigenvalue weighted by atomic mass is 10.0. The maximum atomic E-state index is 14.9. The molecule has 238 valence electrons. The Morgan fingerprint density at radius 2 is 1.63 bits per heavy atom. The smallest absolute Gasteiger partial charge is 0.260 e. The highest BCUT2D eigenvalue weighted by Gasteiger charge is 2.32. The van der Waals surface area contributed by atoms with Crippen LogP contribution in [-0.4, -0.2) is 72.9 Å². The van der Waals surface area contributed by atoms with Gasteiger partial charge in [-0.05, 0) is 48.2 Å². The maximum Gasteiger partial charge on any atom is 0.260 e. The third-order valence-corrected chi connectivity index (χ3v) is 10.5. The number of aryl methyl sites for hydroxylation is 1. The Balaban J connectivity index is 1.20. The summed E-state index contributed by atoms with van der Waals surface area (Å²) >= 11 is 6.31. The summed E-state index contributed by atoms with van der Waals surface area (Å²) in [5.74, 6) is -1.29. The van der Waals surface area contributed by atoms with Gasteiger partial charge in [0.25, 0.3) is 5.91 Å². The lowest BCUT2D eigenvalue weighted by Gasteiger charge is -2.35. The van der Waals surface area contributed by atoms with Gasteiger partial charge in [0, 0.05) is 51.2 Å². The molecule has 5 aromatic rings. The van der Waals surface area contributed by atoms with Crippen molar-refractivity contribution in [3.63, 3.8) is 0 Å². The molecule has 4 aromatic carbocycles. The fraction of sp³-hybridized carbons (Fsp3) is 0.235. The summed E-state index contributed by atoms with van der Waals surface area (Å²) in [5, 5.41) is 5.61. The van der Waals surface area contributed by atoms with Gasteiger partial charge in [0.1, 0.15) is 28.7 Å². The molecule has 0 radical (unpaired) electrons. The van der Waals surface area contributed by atoms with E-state index in [-0.39, 0.29) is 58.7 Å². The second-order valence-electron chi connectivity index (χ2n) is 11.1. The number of carbonyl (C=O) groups is 1. The Kier molecular flexibility index (Phi) is 9.19. The number of hydrogen-bond donors (Lipinski definition) is 0. The summed E-state index contributed by atoms with van der Waals surface area (Å²) in [6.07, 6.45) is 0. The molecule has 0 aliphatic carbocycles. The molecule has 0 atom stereocenters. The molecule has 1 aliphatic heterocycles. The molecule has 1 amide bonds. The van der Waals surface area contributed by atoms with Gasteiger partial charge in [0.2, 0.25) is 10.0 Å². The number of halogens is 3. The van der Waals surface area contributed by atoms with E-state index in [1.807, 2.05) is 30.3 Å². The van der Waals surface area contributed by atoms with Crippen LogP contribution >= 0.6 is 11.6 Å². The number of hydrogen-bond acceptors (Lipinski definition) is 6. The average molecular weight is 665 g/mol. The summed E-state index contributed by atoms with van der Waals surface area (Å²) in [6.45, 7) is 3.91. The van der Waals surface area contributed by atoms with Gasteiger partial charge in [0.15, 0.2) is 0 Å². The summed E-state index contributed by atoms with van der Waals surface area (Å²) in [4.78, 5) is 18.1. The van der Waals surface area contributed by atoms with Crippen LogP contribution in [0.15, 0.2) is 94.3 Å². The van der Waals surface area contributed by atoms with E-state index in [1.165, 1.54) is 34.6 Å². The van der Waals surface area contributed by atoms with Gasteiger partial charge in [-0.1, -0.05) is 71.4 Å². The zero-order valence-electron chi connectivity index (χ0n) is 25.0. The fourth-order valence-corrected chi connectivity index (χ4v) is 7.64. The van der Waals surface area contributed by atoms with Crippen molar-refractivity contribution < 1.29 is 26.5 Å². The van der Waals surface area contributed by atoms with Crippen molar-refractivity contribution in [1.82, 2.24) is 19.3 Å². The minimum atomic E-state index is -3.72. The highest BCUT2D eigenvalue weighted by Crippen LogP contribution is 2.34. The van der Waals surface area contributed by atoms with E-state index >= 15 is 0 Å². The second-order valence-corrected chi connectivity index (χ2v) is 13.4. The van der Waals surface area contributed by atoms with Crippen molar-refractivity contribution in [2.24, 2.45) is 0 Å². The number of piperazine rings is 1. The van der Waals surface area contributed by atoms with Crippen molar-refractivity contribution in [1.29, 1.82) is 0 Å². The SMILES string of the molecule is Cc1onc(-c2c(F)cccc2Cl)c1C(=O)N(CCN1CCN(S(=O)(=O)c2cccc3ccccc23)CC1)Cc1ccc(F)cc1. The topological polar surface area (TPSA) is 87.0 Å². The molecule has 1 fully saturated rings. The number of sulfonamides is 1. The average Bonchev–Trinajstić information content (AvgIpc) is 3.43. The van der Waals surface area contributed by atoms with Gasteiger partial charge < -0.3 is 9.42 Å². The lowest BCUT2D eigenvalue weighted by molar-refractivity contribution is 0.0709. The van der Waals surface area contributed by atoms with Crippen molar-refractivity contribution in [3.05, 3.63) is 118 Å². The van der Waals surface area contributed by atoms with Crippen LogP contribution in [0.25, 0.3) is 22.0 Å². The standard InChI is InChI=1S/C34H31ClF2N4O4S/c1-23-31(33(38-45-23)32-28(35)9-5-10-29(32)37)34(42)40(22-24-12-14-26(36)15-13-24)19-16-39-17-20-41(21-18-39)46(43,44)30-11-4-7-25-6-2-3-8-27(25)30/h2-15H,16-22H2,1H3. The summed E-state index contributed by atoms with van der Waals surface area (Å²) in [6, 6.07) is 22.7. The predicted octanol–water partition coefficient (Wildman–Crippen LogP) is 6.38. The molecule has 2 heterocycles. The van der Waals surface area contributed by atoms with E-state index in [0.29, 0.717) is 30.6 Å². The molecule has 0 saturated carbocycles. The van der Waals surface area contributed by atoms with E-state index in [4.69, 9.17) is 16.1 Å². The van der Waals surface area contributed by atoms with Crippen LogP contribution in [0.5, 0.6) is 0 Å². The van der Waals surface area contributed by atoms with E-state index in [2.05, 4.69) is 10.1 Å². The van der Waals surface area contributed by atoms with Gasteiger partial charge in [0.05, 0.1) is 15.5 Å². The zero-order chi connectivity index (χ0) is 32.4. The number of fused-ring (bicyclic) bond motifs is 1. The Labute approximate surface area is 270 Å². The minimum absolute atomic E-state index is 0.00182. The van der Waals surface area contributed by atoms with Crippen LogP contribution in [0.4, 0.5) is 8.78 Å². The predicted molar refractivity (Wildman–Crippen MR) is 172 cm³/mol. The molecule has 0 spiro atoms. The van der Waals surface area contributed by atoms with E-state index in [1.54, 1.807) is 36.1 Å². The van der Waals surface area contributed by atoms with Crippen LogP contribution in [0.3, 0.4) is 0 Å². The monoisotopic (exact) mass is 664 g/mol. The number of rotatable bonds is 9. The molecule has 1 aliphatic rings. The molecular weight excluding hydrogens is 634 g/mol. The van der Waals surface area contributed by atoms with Crippen LogP contribution in [-0.2, 0) is 16.6 Å². The first kappa shape index (κ1) is 31.8. The van der Waals surface area contributed by atoms with Crippen LogP contribution in [0.2, 0.25) is 5.02 Å². The largest absolute Gasteiger partial charge is 0.360 e. The normalized spacial score (nSPS) is 14.5. The first-order valence-electron chi connectivity index (χ1n) is 14.8. The molecule has 8 nitrogen and oxygen atoms in total. The number of nitrogens with zero attached hydrogens (tertiary/aromatic N) is 4. The Hall–Kier alpha value is -4.16. The van der Waals surface area contributed by atoms with Crippen molar-refractivity contribution >= 4 is 38.3 Å². The first-order chi connectivity index (χ1) is 22.1. The molecule has 6 rings (SSSR count). The van der Waals surface area contributed by atoms with E-state index in [0.717, 1.165) is 5.39 Å². The number of carbonyl (C=O) groups excluding carboxylic acids is 1. The van der Waals surface area contributed by atoms with Crippen molar-refractivity contribution in [2.45, 2.75) is 18.4 Å². The van der Waals surface area contributed by atoms with Gasteiger partial charge >= 0.3 is 0 Å². The summed E-state index contributed by atoms with van der Waals surface area (Å²) < 4.78 is 62.7. The second kappa shape index (κ2) is 13.3. The van der Waals surface area contributed by atoms with Gasteiger partial charge in [-0.25, -0.2) is 17.2 Å². The molecule has 12 heteroatoms. The molecule has 0 N–H and O–H groups in total. The maximum absolute atomic E-state index is 14.9. The van der Waals surface area contributed by atoms with E-state index in [9.17, 15) is 22.0 Å². The lowest BCUT2D eigenvalue weighted by Crippen LogP contribution is -2.50. The number of aromatic nitrogens is 1. The quantitative estimate of drug-likeness (QED) is 0.182. The summed E-state index contributed by atoms with van der Waals surface area (Å²) in [5.41, 5.74) is 0.747. The molecule has 1 saturated heterocycles. The van der Waals surface area contributed by atoms with E-state index < -0.39 is 27.6 Å². The third-order valence-electron chi connectivity index (χ3n) is 8.23.